The van der Waals surface area contributed by atoms with Crippen LogP contribution >= 0.6 is 11.3 Å². The average molecular weight is 396 g/mol. The number of nitrogens with one attached hydrogen (secondary N) is 1. The number of hydrogen-bond acceptors (Lipinski definition) is 6. The van der Waals surface area contributed by atoms with E-state index in [0.717, 1.165) is 36.5 Å². The predicted molar refractivity (Wildman–Crippen MR) is 110 cm³/mol. The quantitative estimate of drug-likeness (QED) is 0.520. The van der Waals surface area contributed by atoms with E-state index in [1.54, 1.807) is 23.5 Å². The van der Waals surface area contributed by atoms with Gasteiger partial charge in [-0.2, -0.15) is 0 Å². The molecule has 1 amide bonds. The molecule has 1 fully saturated rings. The predicted octanol–water partition coefficient (Wildman–Crippen LogP) is 4.02. The maximum Gasteiger partial charge on any atom is 0.271 e. The minimum absolute atomic E-state index is 0.0355. The minimum atomic E-state index is -0.469. The first-order valence-corrected chi connectivity index (χ1v) is 10.0. The smallest absolute Gasteiger partial charge is 0.271 e. The molecule has 2 heterocycles. The number of thiazole rings is 1. The first kappa shape index (κ1) is 18.5. The second kappa shape index (κ2) is 8.04. The van der Waals surface area contributed by atoms with Crippen molar-refractivity contribution in [3.8, 4) is 0 Å². The van der Waals surface area contributed by atoms with E-state index < -0.39 is 4.92 Å². The monoisotopic (exact) mass is 396 g/mol. The van der Waals surface area contributed by atoms with E-state index in [4.69, 9.17) is 4.98 Å². The number of carbonyl (C=O) groups is 1. The summed E-state index contributed by atoms with van der Waals surface area (Å²) in [5.41, 5.74) is 1.44. The molecule has 28 heavy (non-hydrogen) atoms. The molecule has 0 aliphatic carbocycles. The Balaban J connectivity index is 1.38. The lowest BCUT2D eigenvalue weighted by atomic mass is 9.99. The molecule has 144 valence electrons. The number of nitro benzene ring substituents is 1. The van der Waals surface area contributed by atoms with E-state index in [-0.39, 0.29) is 18.1 Å². The molecule has 1 N–H and O–H groups in total. The summed E-state index contributed by atoms with van der Waals surface area (Å²) in [7, 11) is 0. The van der Waals surface area contributed by atoms with Crippen LogP contribution in [0.15, 0.2) is 48.5 Å². The van der Waals surface area contributed by atoms with Crippen molar-refractivity contribution in [2.45, 2.75) is 18.8 Å². The molecule has 1 aliphatic rings. The second-order valence-corrected chi connectivity index (χ2v) is 8.01. The van der Waals surface area contributed by atoms with Gasteiger partial charge in [0.2, 0.25) is 5.91 Å². The normalized spacial score (nSPS) is 17.5. The van der Waals surface area contributed by atoms with Crippen LogP contribution < -0.4 is 5.32 Å². The lowest BCUT2D eigenvalue weighted by Gasteiger charge is -2.31. The molecule has 0 bridgehead atoms. The third kappa shape index (κ3) is 4.18. The van der Waals surface area contributed by atoms with Gasteiger partial charge in [-0.1, -0.05) is 18.2 Å². The van der Waals surface area contributed by atoms with Gasteiger partial charge in [0, 0.05) is 30.3 Å². The van der Waals surface area contributed by atoms with Crippen LogP contribution in [-0.4, -0.2) is 40.3 Å². The molecule has 8 heteroatoms. The number of rotatable bonds is 5. The number of likely N-dealkylation sites (tertiary alicyclic amines) is 1. The van der Waals surface area contributed by atoms with Crippen molar-refractivity contribution in [3.05, 3.63) is 63.7 Å². The Morgan fingerprint density at radius 2 is 2.14 bits per heavy atom. The van der Waals surface area contributed by atoms with Crippen LogP contribution in [-0.2, 0) is 4.79 Å². The molecule has 0 radical (unpaired) electrons. The van der Waals surface area contributed by atoms with Crippen molar-refractivity contribution >= 4 is 38.8 Å². The van der Waals surface area contributed by atoms with Gasteiger partial charge in [0.25, 0.3) is 5.69 Å². The van der Waals surface area contributed by atoms with Gasteiger partial charge >= 0.3 is 0 Å². The van der Waals surface area contributed by atoms with Gasteiger partial charge in [-0.15, -0.1) is 11.3 Å². The molecule has 1 aromatic heterocycles. The Bertz CT molecular complexity index is 986. The Morgan fingerprint density at radius 1 is 1.29 bits per heavy atom. The number of amides is 1. The average Bonchev–Trinajstić information content (AvgIpc) is 3.12. The van der Waals surface area contributed by atoms with Crippen LogP contribution in [0.25, 0.3) is 10.2 Å². The van der Waals surface area contributed by atoms with Crippen molar-refractivity contribution in [1.82, 2.24) is 9.88 Å². The lowest BCUT2D eigenvalue weighted by molar-refractivity contribution is -0.384. The van der Waals surface area contributed by atoms with Gasteiger partial charge < -0.3 is 5.32 Å². The van der Waals surface area contributed by atoms with Gasteiger partial charge in [-0.05, 0) is 37.6 Å². The molecule has 1 atom stereocenters. The zero-order valence-electron chi connectivity index (χ0n) is 15.2. The number of fused-ring (bicyclic) bond motifs is 1. The first-order chi connectivity index (χ1) is 13.6. The van der Waals surface area contributed by atoms with Crippen molar-refractivity contribution in [2.24, 2.45) is 0 Å². The first-order valence-electron chi connectivity index (χ1n) is 9.20. The van der Waals surface area contributed by atoms with E-state index in [9.17, 15) is 14.9 Å². The summed E-state index contributed by atoms with van der Waals surface area (Å²) in [6, 6.07) is 14.1. The zero-order chi connectivity index (χ0) is 19.5. The molecule has 4 rings (SSSR count). The highest BCUT2D eigenvalue weighted by Gasteiger charge is 2.25. The number of nitrogens with zero attached hydrogens (tertiary/aromatic N) is 3. The number of hydrogen-bond donors (Lipinski definition) is 1. The minimum Gasteiger partial charge on any atom is -0.325 e. The van der Waals surface area contributed by atoms with Crippen LogP contribution in [0.3, 0.4) is 0 Å². The largest absolute Gasteiger partial charge is 0.325 e. The topological polar surface area (TPSA) is 88.4 Å². The molecule has 2 aromatic carbocycles. The fraction of sp³-hybridized carbons (Fsp3) is 0.300. The molecule has 7 nitrogen and oxygen atoms in total. The number of para-hydroxylation sites is 1. The highest BCUT2D eigenvalue weighted by Crippen LogP contribution is 2.32. The molecule has 0 unspecified atom stereocenters. The summed E-state index contributed by atoms with van der Waals surface area (Å²) in [4.78, 5) is 29.7. The highest BCUT2D eigenvalue weighted by molar-refractivity contribution is 7.18. The van der Waals surface area contributed by atoms with Gasteiger partial charge in [-0.25, -0.2) is 4.98 Å². The third-order valence-corrected chi connectivity index (χ3v) is 6.07. The summed E-state index contributed by atoms with van der Waals surface area (Å²) in [6.45, 7) is 1.93. The van der Waals surface area contributed by atoms with E-state index >= 15 is 0 Å². The second-order valence-electron chi connectivity index (χ2n) is 6.95. The molecular formula is C20H20N4O3S. The van der Waals surface area contributed by atoms with Crippen molar-refractivity contribution in [1.29, 1.82) is 0 Å². The molecule has 0 saturated carbocycles. The maximum absolute atomic E-state index is 12.4. The lowest BCUT2D eigenvalue weighted by Crippen LogP contribution is -2.39. The van der Waals surface area contributed by atoms with Gasteiger partial charge in [0.15, 0.2) is 0 Å². The Labute approximate surface area is 166 Å². The Morgan fingerprint density at radius 3 is 2.96 bits per heavy atom. The summed E-state index contributed by atoms with van der Waals surface area (Å²) >= 11 is 1.73. The van der Waals surface area contributed by atoms with Gasteiger partial charge in [0.05, 0.1) is 26.7 Å². The summed E-state index contributed by atoms with van der Waals surface area (Å²) in [6.07, 6.45) is 2.09. The summed E-state index contributed by atoms with van der Waals surface area (Å²) in [5, 5.41) is 14.8. The SMILES string of the molecule is O=C(CN1CCC[C@H](c2nc3ccccc3s2)C1)Nc1cccc([N+](=O)[O-])c1. The molecule has 3 aromatic rings. The summed E-state index contributed by atoms with van der Waals surface area (Å²) < 4.78 is 1.19. The Kier molecular flexibility index (Phi) is 5.31. The number of nitro groups is 1. The van der Waals surface area contributed by atoms with Crippen LogP contribution in [0.5, 0.6) is 0 Å². The third-order valence-electron chi connectivity index (χ3n) is 4.87. The van der Waals surface area contributed by atoms with E-state index in [0.29, 0.717) is 11.6 Å². The number of piperidine rings is 1. The Hall–Kier alpha value is -2.84. The van der Waals surface area contributed by atoms with Gasteiger partial charge in [-0.3, -0.25) is 19.8 Å². The standard InChI is InChI=1S/C20H20N4O3S/c25-19(21-15-6-3-7-16(11-15)24(26)27)13-23-10-4-5-14(12-23)20-22-17-8-1-2-9-18(17)28-20/h1-3,6-9,11,14H,4-5,10,12-13H2,(H,21,25)/t14-/m0/s1. The fourth-order valence-electron chi connectivity index (χ4n) is 3.57. The number of aromatic nitrogens is 1. The van der Waals surface area contributed by atoms with Gasteiger partial charge in [0.1, 0.15) is 0 Å². The molecule has 1 saturated heterocycles. The van der Waals surface area contributed by atoms with Crippen molar-refractivity contribution in [2.75, 3.05) is 25.0 Å². The van der Waals surface area contributed by atoms with Crippen molar-refractivity contribution in [3.63, 3.8) is 0 Å². The van der Waals surface area contributed by atoms with Crippen LogP contribution in [0.2, 0.25) is 0 Å². The maximum atomic E-state index is 12.4. The van der Waals surface area contributed by atoms with E-state index in [1.165, 1.54) is 16.8 Å². The van der Waals surface area contributed by atoms with E-state index in [2.05, 4.69) is 16.3 Å². The summed E-state index contributed by atoms with van der Waals surface area (Å²) in [5.74, 6) is 0.169. The van der Waals surface area contributed by atoms with Crippen molar-refractivity contribution < 1.29 is 9.72 Å². The zero-order valence-corrected chi connectivity index (χ0v) is 16.0. The van der Waals surface area contributed by atoms with Crippen LogP contribution in [0.4, 0.5) is 11.4 Å². The van der Waals surface area contributed by atoms with E-state index in [1.807, 2.05) is 18.2 Å². The molecular weight excluding hydrogens is 376 g/mol. The number of non-ortho nitro benzene ring substituents is 1. The fourth-order valence-corrected chi connectivity index (χ4v) is 4.66. The number of anilines is 1. The molecule has 1 aliphatic heterocycles. The number of benzene rings is 2. The highest BCUT2D eigenvalue weighted by atomic mass is 32.1. The number of carbonyl (C=O) groups excluding carboxylic acids is 1. The van der Waals surface area contributed by atoms with Crippen LogP contribution in [0, 0.1) is 10.1 Å². The molecule has 0 spiro atoms. The van der Waals surface area contributed by atoms with Crippen LogP contribution in [0.1, 0.15) is 23.8 Å².